The minimum atomic E-state index is 0.208. The van der Waals surface area contributed by atoms with Gasteiger partial charge >= 0.3 is 0 Å². The summed E-state index contributed by atoms with van der Waals surface area (Å²) in [5, 5.41) is 2.13. The highest BCUT2D eigenvalue weighted by molar-refractivity contribution is 7.18. The molecule has 18 heavy (non-hydrogen) atoms. The van der Waals surface area contributed by atoms with Crippen LogP contribution in [0.5, 0.6) is 0 Å². The number of thiophene rings is 1. The molecule has 0 bridgehead atoms. The van der Waals surface area contributed by atoms with Crippen LogP contribution in [0.2, 0.25) is 0 Å². The first kappa shape index (κ1) is 11.8. The second kappa shape index (κ2) is 4.79. The van der Waals surface area contributed by atoms with Gasteiger partial charge in [0.25, 0.3) is 0 Å². The lowest BCUT2D eigenvalue weighted by Gasteiger charge is -2.35. The quantitative estimate of drug-likeness (QED) is 0.882. The van der Waals surface area contributed by atoms with E-state index in [0.29, 0.717) is 13.2 Å². The number of hydrogen-bond donors (Lipinski definition) is 1. The van der Waals surface area contributed by atoms with Crippen molar-refractivity contribution in [2.45, 2.75) is 13.0 Å². The first-order valence-electron chi connectivity index (χ1n) is 6.04. The number of ether oxygens (including phenoxy) is 1. The largest absolute Gasteiger partial charge is 0.377 e. The van der Waals surface area contributed by atoms with Crippen molar-refractivity contribution in [2.24, 2.45) is 5.73 Å². The van der Waals surface area contributed by atoms with Crippen molar-refractivity contribution in [2.75, 3.05) is 31.2 Å². The predicted molar refractivity (Wildman–Crippen MR) is 73.2 cm³/mol. The Bertz CT molecular complexity index is 556. The topological polar surface area (TPSA) is 64.3 Å². The molecule has 2 aromatic heterocycles. The van der Waals surface area contributed by atoms with Crippen molar-refractivity contribution in [3.8, 4) is 0 Å². The molecule has 0 aromatic carbocycles. The summed E-state index contributed by atoms with van der Waals surface area (Å²) < 4.78 is 6.63. The highest BCUT2D eigenvalue weighted by Crippen LogP contribution is 2.32. The van der Waals surface area contributed by atoms with Gasteiger partial charge in [0.1, 0.15) is 12.1 Å². The molecular weight excluding hydrogens is 248 g/mol. The molecule has 0 radical (unpaired) electrons. The molecule has 0 spiro atoms. The van der Waals surface area contributed by atoms with E-state index in [0.717, 1.165) is 29.2 Å². The fraction of sp³-hybridized carbons (Fsp3) is 0.500. The maximum absolute atomic E-state index is 5.82. The molecule has 1 atom stereocenters. The van der Waals surface area contributed by atoms with E-state index in [4.69, 9.17) is 10.5 Å². The van der Waals surface area contributed by atoms with Crippen LogP contribution < -0.4 is 10.6 Å². The molecule has 3 heterocycles. The van der Waals surface area contributed by atoms with Crippen LogP contribution in [0.3, 0.4) is 0 Å². The summed E-state index contributed by atoms with van der Waals surface area (Å²) in [4.78, 5) is 11.1. The van der Waals surface area contributed by atoms with E-state index in [1.54, 1.807) is 17.7 Å². The second-order valence-corrected chi connectivity index (χ2v) is 5.33. The Balaban J connectivity index is 2.07. The number of aryl methyl sites for hydroxylation is 1. The fourth-order valence-corrected chi connectivity index (χ4v) is 3.30. The monoisotopic (exact) mass is 264 g/mol. The van der Waals surface area contributed by atoms with Gasteiger partial charge in [-0.3, -0.25) is 0 Å². The van der Waals surface area contributed by atoms with E-state index >= 15 is 0 Å². The molecule has 1 saturated heterocycles. The summed E-state index contributed by atoms with van der Waals surface area (Å²) in [5.74, 6) is 0.997. The summed E-state index contributed by atoms with van der Waals surface area (Å²) in [6, 6.07) is 0.208. The lowest BCUT2D eigenvalue weighted by molar-refractivity contribution is 0.0960. The zero-order valence-electron chi connectivity index (χ0n) is 10.3. The average Bonchev–Trinajstić information content (AvgIpc) is 2.81. The highest BCUT2D eigenvalue weighted by Gasteiger charge is 2.25. The van der Waals surface area contributed by atoms with Crippen molar-refractivity contribution in [1.29, 1.82) is 0 Å². The Kier molecular flexibility index (Phi) is 3.15. The summed E-state index contributed by atoms with van der Waals surface area (Å²) in [6.07, 6.45) is 1.64. The van der Waals surface area contributed by atoms with Crippen molar-refractivity contribution in [1.82, 2.24) is 9.97 Å². The minimum absolute atomic E-state index is 0.208. The molecule has 0 saturated carbocycles. The first-order chi connectivity index (χ1) is 8.81. The van der Waals surface area contributed by atoms with Gasteiger partial charge in [-0.05, 0) is 17.9 Å². The van der Waals surface area contributed by atoms with Gasteiger partial charge in [0, 0.05) is 13.1 Å². The third kappa shape index (κ3) is 1.86. The van der Waals surface area contributed by atoms with Gasteiger partial charge in [-0.1, -0.05) is 0 Å². The molecule has 0 amide bonds. The van der Waals surface area contributed by atoms with Crippen molar-refractivity contribution < 1.29 is 4.74 Å². The number of fused-ring (bicyclic) bond motifs is 1. The summed E-state index contributed by atoms with van der Waals surface area (Å²) in [5.41, 5.74) is 8.07. The van der Waals surface area contributed by atoms with Gasteiger partial charge in [0.15, 0.2) is 0 Å². The van der Waals surface area contributed by atoms with Crippen LogP contribution in [-0.4, -0.2) is 42.3 Å². The molecule has 96 valence electrons. The fourth-order valence-electron chi connectivity index (χ4n) is 2.29. The minimum Gasteiger partial charge on any atom is -0.377 e. The highest BCUT2D eigenvalue weighted by atomic mass is 32.1. The van der Waals surface area contributed by atoms with Gasteiger partial charge < -0.3 is 15.4 Å². The van der Waals surface area contributed by atoms with Gasteiger partial charge in [-0.25, -0.2) is 9.97 Å². The van der Waals surface area contributed by atoms with E-state index in [9.17, 15) is 0 Å². The number of hydrogen-bond acceptors (Lipinski definition) is 6. The Hall–Kier alpha value is -1.24. The van der Waals surface area contributed by atoms with Crippen LogP contribution >= 0.6 is 11.3 Å². The van der Waals surface area contributed by atoms with Crippen LogP contribution in [0.1, 0.15) is 5.56 Å². The zero-order chi connectivity index (χ0) is 12.5. The van der Waals surface area contributed by atoms with E-state index in [-0.39, 0.29) is 6.04 Å². The third-order valence-electron chi connectivity index (χ3n) is 3.28. The Morgan fingerprint density at radius 1 is 1.56 bits per heavy atom. The van der Waals surface area contributed by atoms with E-state index in [2.05, 4.69) is 27.2 Å². The van der Waals surface area contributed by atoms with Crippen LogP contribution in [-0.2, 0) is 4.74 Å². The van der Waals surface area contributed by atoms with E-state index < -0.39 is 0 Å². The molecule has 6 heteroatoms. The summed E-state index contributed by atoms with van der Waals surface area (Å²) >= 11 is 1.70. The number of morpholine rings is 1. The maximum atomic E-state index is 5.82. The molecule has 2 aromatic rings. The molecule has 1 aliphatic rings. The molecule has 1 fully saturated rings. The normalized spacial score (nSPS) is 20.6. The van der Waals surface area contributed by atoms with Crippen LogP contribution in [0.15, 0.2) is 11.7 Å². The smallest absolute Gasteiger partial charge is 0.150 e. The Morgan fingerprint density at radius 3 is 3.28 bits per heavy atom. The van der Waals surface area contributed by atoms with Crippen molar-refractivity contribution in [3.05, 3.63) is 17.3 Å². The number of anilines is 1. The number of nitrogens with two attached hydrogens (primary N) is 1. The van der Waals surface area contributed by atoms with Crippen LogP contribution in [0.4, 0.5) is 5.82 Å². The molecule has 1 aliphatic heterocycles. The Morgan fingerprint density at radius 2 is 2.44 bits per heavy atom. The molecule has 5 nitrogen and oxygen atoms in total. The van der Waals surface area contributed by atoms with Gasteiger partial charge in [0.05, 0.1) is 29.5 Å². The predicted octanol–water partition coefficient (Wildman–Crippen LogP) is 1.16. The number of aromatic nitrogens is 2. The van der Waals surface area contributed by atoms with Crippen LogP contribution in [0, 0.1) is 6.92 Å². The summed E-state index contributed by atoms with van der Waals surface area (Å²) in [7, 11) is 0. The van der Waals surface area contributed by atoms with Gasteiger partial charge in [-0.15, -0.1) is 11.3 Å². The van der Waals surface area contributed by atoms with E-state index in [1.165, 1.54) is 5.56 Å². The molecule has 3 rings (SSSR count). The lowest BCUT2D eigenvalue weighted by atomic mass is 10.2. The number of rotatable bonds is 2. The Labute approximate surface area is 110 Å². The summed E-state index contributed by atoms with van der Waals surface area (Å²) in [6.45, 7) is 4.90. The standard InChI is InChI=1S/C12H16N4OS/c1-8-6-18-11-10(8)14-7-15-12(11)16-2-3-17-5-9(16)4-13/h6-7,9H,2-5,13H2,1H3. The van der Waals surface area contributed by atoms with Crippen molar-refractivity contribution >= 4 is 27.4 Å². The first-order valence-corrected chi connectivity index (χ1v) is 6.92. The number of nitrogens with zero attached hydrogens (tertiary/aromatic N) is 3. The molecule has 2 N–H and O–H groups in total. The molecular formula is C12H16N4OS. The second-order valence-electron chi connectivity index (χ2n) is 4.45. The van der Waals surface area contributed by atoms with Crippen molar-refractivity contribution in [3.63, 3.8) is 0 Å². The molecule has 0 aliphatic carbocycles. The SMILES string of the molecule is Cc1csc2c(N3CCOCC3CN)ncnc12. The van der Waals surface area contributed by atoms with Gasteiger partial charge in [0.2, 0.25) is 0 Å². The van der Waals surface area contributed by atoms with E-state index in [1.807, 2.05) is 0 Å². The lowest BCUT2D eigenvalue weighted by Crippen LogP contribution is -2.49. The zero-order valence-corrected chi connectivity index (χ0v) is 11.1. The third-order valence-corrected chi connectivity index (χ3v) is 4.37. The average molecular weight is 264 g/mol. The molecule has 1 unspecified atom stereocenters. The van der Waals surface area contributed by atoms with Crippen LogP contribution in [0.25, 0.3) is 10.2 Å². The maximum Gasteiger partial charge on any atom is 0.150 e. The van der Waals surface area contributed by atoms with Gasteiger partial charge in [-0.2, -0.15) is 0 Å².